The van der Waals surface area contributed by atoms with Gasteiger partial charge in [-0.3, -0.25) is 10.1 Å². The number of non-ortho nitro benzene ring substituents is 1. The molecule has 0 radical (unpaired) electrons. The molecule has 0 unspecified atom stereocenters. The smallest absolute Gasteiger partial charge is 0.339 e. The minimum absolute atomic E-state index is 0.0333. The lowest BCUT2D eigenvalue weighted by Gasteiger charge is -2.12. The van der Waals surface area contributed by atoms with Gasteiger partial charge in [-0.2, -0.15) is 13.7 Å². The Morgan fingerprint density at radius 2 is 1.62 bits per heavy atom. The number of nitro groups is 1. The van der Waals surface area contributed by atoms with Crippen molar-refractivity contribution >= 4 is 70.9 Å². The van der Waals surface area contributed by atoms with E-state index >= 15 is 0 Å². The first-order valence-corrected chi connectivity index (χ1v) is 12.0. The average Bonchev–Trinajstić information content (AvgIpc) is 2.75. The maximum absolute atomic E-state index is 12.6. The lowest BCUT2D eigenvalue weighted by molar-refractivity contribution is -0.384. The number of nitrogens with zero attached hydrogens (tertiary/aromatic N) is 2. The topological polar surface area (TPSA) is 110 Å². The van der Waals surface area contributed by atoms with E-state index in [0.717, 1.165) is 0 Å². The molecule has 0 bridgehead atoms. The van der Waals surface area contributed by atoms with Gasteiger partial charge in [0.15, 0.2) is 5.75 Å². The van der Waals surface area contributed by atoms with Crippen LogP contribution in [0.15, 0.2) is 74.5 Å². The van der Waals surface area contributed by atoms with Crippen LogP contribution >= 0.6 is 43.5 Å². The zero-order valence-electron chi connectivity index (χ0n) is 15.8. The van der Waals surface area contributed by atoms with Gasteiger partial charge in [-0.25, -0.2) is 0 Å². The van der Waals surface area contributed by atoms with Crippen LogP contribution in [0.1, 0.15) is 11.1 Å². The standard InChI is InChI=1S/C21H11Br2ClN2O5S/c22-19-10-13(9-15(12-25)14-1-5-17(6-2-14)26(27)28)11-20(23)21(19)31-32(29,30)18-7-3-16(24)4-8-18/h1-11H/b15-9+. The van der Waals surface area contributed by atoms with Crippen LogP contribution in [0.5, 0.6) is 5.75 Å². The minimum atomic E-state index is -4.11. The summed E-state index contributed by atoms with van der Waals surface area (Å²) in [5.41, 5.74) is 1.24. The average molecular weight is 599 g/mol. The summed E-state index contributed by atoms with van der Waals surface area (Å²) >= 11 is 12.4. The van der Waals surface area contributed by atoms with Gasteiger partial charge in [0.05, 0.1) is 25.5 Å². The molecule has 0 aliphatic carbocycles. The van der Waals surface area contributed by atoms with Crippen molar-refractivity contribution in [2.24, 2.45) is 0 Å². The molecule has 0 atom stereocenters. The highest BCUT2D eigenvalue weighted by atomic mass is 79.9. The van der Waals surface area contributed by atoms with E-state index < -0.39 is 15.0 Å². The Bertz CT molecular complexity index is 1340. The number of nitro benzene ring substituents is 1. The molecule has 0 spiro atoms. The molecule has 3 aromatic rings. The number of benzene rings is 3. The van der Waals surface area contributed by atoms with E-state index in [1.807, 2.05) is 0 Å². The summed E-state index contributed by atoms with van der Waals surface area (Å²) in [6, 6.07) is 16.4. The third-order valence-corrected chi connectivity index (χ3v) is 6.80. The fraction of sp³-hybridized carbons (Fsp3) is 0. The highest BCUT2D eigenvalue weighted by Gasteiger charge is 2.21. The molecule has 0 amide bonds. The highest BCUT2D eigenvalue weighted by molar-refractivity contribution is 9.11. The molecule has 0 aliphatic rings. The normalized spacial score (nSPS) is 11.6. The number of nitriles is 1. The Hall–Kier alpha value is -2.71. The summed E-state index contributed by atoms with van der Waals surface area (Å²) in [6.45, 7) is 0. The van der Waals surface area contributed by atoms with Crippen LogP contribution in [0.2, 0.25) is 5.02 Å². The van der Waals surface area contributed by atoms with E-state index in [2.05, 4.69) is 37.9 Å². The van der Waals surface area contributed by atoms with Crippen LogP contribution in [0, 0.1) is 21.4 Å². The maximum Gasteiger partial charge on any atom is 0.339 e. The summed E-state index contributed by atoms with van der Waals surface area (Å²) in [5.74, 6) is 0.0333. The first kappa shape index (κ1) is 23.9. The molecule has 3 rings (SSSR count). The van der Waals surface area contributed by atoms with Crippen LogP contribution in [-0.2, 0) is 10.1 Å². The van der Waals surface area contributed by atoms with Gasteiger partial charge in [-0.1, -0.05) is 11.6 Å². The van der Waals surface area contributed by atoms with Crippen LogP contribution < -0.4 is 4.18 Å². The van der Waals surface area contributed by atoms with Gasteiger partial charge >= 0.3 is 10.1 Å². The molecule has 3 aromatic carbocycles. The second-order valence-electron chi connectivity index (χ2n) is 6.28. The Morgan fingerprint density at radius 3 is 2.12 bits per heavy atom. The van der Waals surface area contributed by atoms with Crippen molar-refractivity contribution in [3.8, 4) is 11.8 Å². The third-order valence-electron chi connectivity index (χ3n) is 4.14. The molecule has 0 aromatic heterocycles. The first-order chi connectivity index (χ1) is 15.1. The molecular formula is C21H11Br2ClN2O5S. The predicted octanol–water partition coefficient (Wildman–Crippen LogP) is 6.61. The van der Waals surface area contributed by atoms with E-state index in [1.165, 1.54) is 48.5 Å². The molecule has 11 heteroatoms. The third kappa shape index (κ3) is 5.55. The van der Waals surface area contributed by atoms with Crippen molar-refractivity contribution in [2.45, 2.75) is 4.90 Å². The summed E-state index contributed by atoms with van der Waals surface area (Å²) in [7, 11) is -4.11. The van der Waals surface area contributed by atoms with Crippen LogP contribution in [-0.4, -0.2) is 13.3 Å². The van der Waals surface area contributed by atoms with E-state index in [-0.39, 0.29) is 21.9 Å². The van der Waals surface area contributed by atoms with Crippen molar-refractivity contribution in [3.05, 3.63) is 95.9 Å². The lowest BCUT2D eigenvalue weighted by Crippen LogP contribution is -2.10. The zero-order chi connectivity index (χ0) is 23.5. The van der Waals surface area contributed by atoms with Crippen molar-refractivity contribution in [3.63, 3.8) is 0 Å². The number of hydrogen-bond donors (Lipinski definition) is 0. The summed E-state index contributed by atoms with van der Waals surface area (Å²) in [6.07, 6.45) is 1.56. The summed E-state index contributed by atoms with van der Waals surface area (Å²) in [4.78, 5) is 10.2. The van der Waals surface area contributed by atoms with Crippen LogP contribution in [0.25, 0.3) is 11.6 Å². The zero-order valence-corrected chi connectivity index (χ0v) is 20.6. The van der Waals surface area contributed by atoms with Gasteiger partial charge in [-0.15, -0.1) is 0 Å². The number of allylic oxidation sites excluding steroid dienone is 1. The Labute approximate surface area is 205 Å². The molecule has 32 heavy (non-hydrogen) atoms. The summed E-state index contributed by atoms with van der Waals surface area (Å²) < 4.78 is 31.1. The fourth-order valence-corrected chi connectivity index (χ4v) is 5.30. The SMILES string of the molecule is N#C/C(=C\c1cc(Br)c(OS(=O)(=O)c2ccc(Cl)cc2)c(Br)c1)c1ccc([N+](=O)[O-])cc1. The Balaban J connectivity index is 1.93. The fourth-order valence-electron chi connectivity index (χ4n) is 2.61. The van der Waals surface area contributed by atoms with E-state index in [0.29, 0.717) is 25.1 Å². The second kappa shape index (κ2) is 9.83. The van der Waals surface area contributed by atoms with E-state index in [9.17, 15) is 23.8 Å². The number of halogens is 3. The van der Waals surface area contributed by atoms with Gasteiger partial charge in [0.2, 0.25) is 0 Å². The van der Waals surface area contributed by atoms with Crippen molar-refractivity contribution < 1.29 is 17.5 Å². The lowest BCUT2D eigenvalue weighted by atomic mass is 10.0. The van der Waals surface area contributed by atoms with E-state index in [1.54, 1.807) is 18.2 Å². The molecule has 0 heterocycles. The Morgan fingerprint density at radius 1 is 1.06 bits per heavy atom. The minimum Gasteiger partial charge on any atom is -0.377 e. The van der Waals surface area contributed by atoms with Crippen LogP contribution in [0.3, 0.4) is 0 Å². The van der Waals surface area contributed by atoms with Crippen molar-refractivity contribution in [1.29, 1.82) is 5.26 Å². The Kier molecular flexibility index (Phi) is 7.36. The van der Waals surface area contributed by atoms with Gasteiger partial charge < -0.3 is 4.18 Å². The molecular weight excluding hydrogens is 588 g/mol. The maximum atomic E-state index is 12.6. The van der Waals surface area contributed by atoms with Gasteiger partial charge in [0.25, 0.3) is 5.69 Å². The molecule has 0 N–H and O–H groups in total. The van der Waals surface area contributed by atoms with Crippen molar-refractivity contribution in [2.75, 3.05) is 0 Å². The summed E-state index contributed by atoms with van der Waals surface area (Å²) in [5, 5.41) is 20.7. The molecule has 0 aliphatic heterocycles. The quantitative estimate of drug-likeness (QED) is 0.104. The number of rotatable bonds is 6. The predicted molar refractivity (Wildman–Crippen MR) is 128 cm³/mol. The highest BCUT2D eigenvalue weighted by Crippen LogP contribution is 2.37. The second-order valence-corrected chi connectivity index (χ2v) is 9.97. The molecule has 0 saturated carbocycles. The van der Waals surface area contributed by atoms with Gasteiger partial charge in [0, 0.05) is 17.2 Å². The number of hydrogen-bond acceptors (Lipinski definition) is 6. The van der Waals surface area contributed by atoms with Gasteiger partial charge in [0.1, 0.15) is 4.90 Å². The largest absolute Gasteiger partial charge is 0.377 e. The molecule has 7 nitrogen and oxygen atoms in total. The van der Waals surface area contributed by atoms with Crippen molar-refractivity contribution in [1.82, 2.24) is 0 Å². The molecule has 0 fully saturated rings. The van der Waals surface area contributed by atoms with Gasteiger partial charge in [-0.05, 0) is 97.6 Å². The first-order valence-electron chi connectivity index (χ1n) is 8.66. The van der Waals surface area contributed by atoms with Crippen LogP contribution in [0.4, 0.5) is 5.69 Å². The van der Waals surface area contributed by atoms with E-state index in [4.69, 9.17) is 15.8 Å². The monoisotopic (exact) mass is 596 g/mol. The molecule has 0 saturated heterocycles. The molecule has 162 valence electrons.